The number of carbonyl (C=O) groups is 2. The van der Waals surface area contributed by atoms with E-state index in [0.29, 0.717) is 17.1 Å². The molecule has 1 heterocycles. The number of hydrogen-bond donors (Lipinski definition) is 1. The van der Waals surface area contributed by atoms with Crippen LogP contribution in [0.4, 0.5) is 0 Å². The summed E-state index contributed by atoms with van der Waals surface area (Å²) in [6, 6.07) is 16.8. The van der Waals surface area contributed by atoms with Crippen LogP contribution in [0.3, 0.4) is 0 Å². The molecule has 27 heavy (non-hydrogen) atoms. The molecule has 0 saturated heterocycles. The van der Waals surface area contributed by atoms with Crippen molar-refractivity contribution in [2.45, 2.75) is 19.3 Å². The number of carboxylic acids is 1. The van der Waals surface area contributed by atoms with E-state index in [-0.39, 0.29) is 18.6 Å². The summed E-state index contributed by atoms with van der Waals surface area (Å²) in [5, 5.41) is 12.6. The Morgan fingerprint density at radius 3 is 2.48 bits per heavy atom. The van der Waals surface area contributed by atoms with Crippen LogP contribution in [0.2, 0.25) is 5.02 Å². The zero-order valence-corrected chi connectivity index (χ0v) is 16.0. The molecule has 3 rings (SSSR count). The molecule has 1 N–H and O–H groups in total. The molecule has 138 valence electrons. The van der Waals surface area contributed by atoms with Crippen molar-refractivity contribution in [3.8, 4) is 10.6 Å². The maximum atomic E-state index is 12.4. The molecule has 0 bridgehead atoms. The number of carboxylic acid groups (broad SMARTS) is 1. The van der Waals surface area contributed by atoms with Gasteiger partial charge in [0, 0.05) is 23.8 Å². The van der Waals surface area contributed by atoms with Gasteiger partial charge in [-0.2, -0.15) is 0 Å². The molecule has 6 heteroatoms. The molecule has 1 aromatic heterocycles. The van der Waals surface area contributed by atoms with Gasteiger partial charge in [-0.3, -0.25) is 9.59 Å². The van der Waals surface area contributed by atoms with Crippen LogP contribution in [0.15, 0.2) is 60.0 Å². The molecule has 4 nitrogen and oxygen atoms in total. The van der Waals surface area contributed by atoms with Gasteiger partial charge in [-0.05, 0) is 18.1 Å². The highest BCUT2D eigenvalue weighted by molar-refractivity contribution is 7.13. The lowest BCUT2D eigenvalue weighted by atomic mass is 9.93. The number of nitrogens with zero attached hydrogens (tertiary/aromatic N) is 1. The Hall–Kier alpha value is -2.50. The molecule has 0 aliphatic rings. The third-order valence-corrected chi connectivity index (χ3v) is 5.44. The fourth-order valence-corrected chi connectivity index (χ4v) is 3.98. The van der Waals surface area contributed by atoms with Crippen LogP contribution >= 0.6 is 22.9 Å². The van der Waals surface area contributed by atoms with Crippen LogP contribution in [-0.4, -0.2) is 21.8 Å². The number of ketones is 1. The zero-order chi connectivity index (χ0) is 19.2. The summed E-state index contributed by atoms with van der Waals surface area (Å²) < 4.78 is 0. The normalized spacial score (nSPS) is 11.9. The molecule has 3 aromatic rings. The molecule has 0 aliphatic carbocycles. The summed E-state index contributed by atoms with van der Waals surface area (Å²) in [6.07, 6.45) is 0.451. The second-order valence-electron chi connectivity index (χ2n) is 6.27. The van der Waals surface area contributed by atoms with E-state index in [1.807, 2.05) is 53.9 Å². The van der Waals surface area contributed by atoms with Crippen LogP contribution < -0.4 is 0 Å². The predicted octanol–water partition coefficient (Wildman–Crippen LogP) is 4.91. The molecular weight excluding hydrogens is 382 g/mol. The van der Waals surface area contributed by atoms with Crippen molar-refractivity contribution in [3.63, 3.8) is 0 Å². The van der Waals surface area contributed by atoms with Crippen LogP contribution in [0, 0.1) is 5.92 Å². The average molecular weight is 400 g/mol. The molecule has 0 fully saturated rings. The van der Waals surface area contributed by atoms with Gasteiger partial charge in [0.15, 0.2) is 0 Å². The van der Waals surface area contributed by atoms with E-state index < -0.39 is 11.9 Å². The molecule has 0 radical (unpaired) electrons. The van der Waals surface area contributed by atoms with E-state index in [1.165, 1.54) is 11.3 Å². The third-order valence-electron chi connectivity index (χ3n) is 4.18. The summed E-state index contributed by atoms with van der Waals surface area (Å²) in [4.78, 5) is 28.4. The second-order valence-corrected chi connectivity index (χ2v) is 7.53. The molecule has 1 atom stereocenters. The largest absolute Gasteiger partial charge is 0.481 e. The van der Waals surface area contributed by atoms with E-state index >= 15 is 0 Å². The summed E-state index contributed by atoms with van der Waals surface area (Å²) in [7, 11) is 0. The number of Topliss-reactive ketones (excluding diaryl/α,β-unsaturated/α-hetero) is 1. The lowest BCUT2D eigenvalue weighted by Crippen LogP contribution is -2.21. The Balaban J connectivity index is 1.64. The van der Waals surface area contributed by atoms with Gasteiger partial charge in [0.05, 0.1) is 16.6 Å². The smallest absolute Gasteiger partial charge is 0.307 e. The average Bonchev–Trinajstić information content (AvgIpc) is 3.10. The van der Waals surface area contributed by atoms with Crippen molar-refractivity contribution in [2.75, 3.05) is 0 Å². The number of benzene rings is 2. The predicted molar refractivity (Wildman–Crippen MR) is 107 cm³/mol. The van der Waals surface area contributed by atoms with Crippen LogP contribution in [-0.2, 0) is 22.4 Å². The van der Waals surface area contributed by atoms with Crippen molar-refractivity contribution in [2.24, 2.45) is 5.92 Å². The summed E-state index contributed by atoms with van der Waals surface area (Å²) >= 11 is 7.61. The number of thiazole rings is 1. The van der Waals surface area contributed by atoms with E-state index in [9.17, 15) is 14.7 Å². The summed E-state index contributed by atoms with van der Waals surface area (Å²) in [5.41, 5.74) is 2.38. The monoisotopic (exact) mass is 399 g/mol. The van der Waals surface area contributed by atoms with Gasteiger partial charge < -0.3 is 5.11 Å². The topological polar surface area (TPSA) is 67.3 Å². The first-order valence-electron chi connectivity index (χ1n) is 8.50. The Labute approximate surface area is 166 Å². The van der Waals surface area contributed by atoms with Gasteiger partial charge in [-0.15, -0.1) is 11.3 Å². The van der Waals surface area contributed by atoms with Crippen molar-refractivity contribution < 1.29 is 14.7 Å². The highest BCUT2D eigenvalue weighted by atomic mass is 35.5. The number of carbonyl (C=O) groups excluding carboxylic acids is 1. The van der Waals surface area contributed by atoms with E-state index in [0.717, 1.165) is 16.1 Å². The van der Waals surface area contributed by atoms with Gasteiger partial charge >= 0.3 is 5.97 Å². The van der Waals surface area contributed by atoms with Crippen molar-refractivity contribution in [3.05, 3.63) is 76.3 Å². The van der Waals surface area contributed by atoms with Gasteiger partial charge in [-0.25, -0.2) is 4.98 Å². The number of aromatic nitrogens is 1. The minimum Gasteiger partial charge on any atom is -0.481 e. The van der Waals surface area contributed by atoms with Crippen LogP contribution in [0.25, 0.3) is 10.6 Å². The van der Waals surface area contributed by atoms with E-state index in [4.69, 9.17) is 11.6 Å². The fourth-order valence-electron chi connectivity index (χ4n) is 2.84. The van der Waals surface area contributed by atoms with E-state index in [1.54, 1.807) is 6.07 Å². The molecule has 0 unspecified atom stereocenters. The van der Waals surface area contributed by atoms with Crippen molar-refractivity contribution >= 4 is 34.7 Å². The standard InChI is InChI=1S/C21H18ClNO3S/c22-19-9-5-4-8-18(19)20-23-16(13-27-20)12-17(24)11-15(21(25)26)10-14-6-2-1-3-7-14/h1-9,13,15H,10-12H2,(H,25,26)/t15-/m0/s1. The van der Waals surface area contributed by atoms with E-state index in [2.05, 4.69) is 4.98 Å². The number of aliphatic carboxylic acids is 1. The van der Waals surface area contributed by atoms with Gasteiger partial charge in [0.2, 0.25) is 0 Å². The minimum absolute atomic E-state index is 0.0107. The first-order valence-corrected chi connectivity index (χ1v) is 9.76. The zero-order valence-electron chi connectivity index (χ0n) is 14.5. The van der Waals surface area contributed by atoms with Crippen LogP contribution in [0.1, 0.15) is 17.7 Å². The SMILES string of the molecule is O=C(Cc1csc(-c2ccccc2Cl)n1)C[C@H](Cc1ccccc1)C(=O)O. The maximum absolute atomic E-state index is 12.4. The third kappa shape index (κ3) is 5.25. The molecular formula is C21H18ClNO3S. The second kappa shape index (κ2) is 8.93. The molecule has 0 aliphatic heterocycles. The van der Waals surface area contributed by atoms with Crippen molar-refractivity contribution in [1.29, 1.82) is 0 Å². The Morgan fingerprint density at radius 2 is 1.78 bits per heavy atom. The minimum atomic E-state index is -0.956. The fraction of sp³-hybridized carbons (Fsp3) is 0.190. The van der Waals surface area contributed by atoms with Gasteiger partial charge in [0.25, 0.3) is 0 Å². The Bertz CT molecular complexity index is 939. The van der Waals surface area contributed by atoms with Gasteiger partial charge in [0.1, 0.15) is 10.8 Å². The highest BCUT2D eigenvalue weighted by Gasteiger charge is 2.22. The maximum Gasteiger partial charge on any atom is 0.307 e. The Morgan fingerprint density at radius 1 is 1.07 bits per heavy atom. The summed E-state index contributed by atoms with van der Waals surface area (Å²) in [6.45, 7) is 0. The highest BCUT2D eigenvalue weighted by Crippen LogP contribution is 2.30. The number of hydrogen-bond acceptors (Lipinski definition) is 4. The molecule has 0 spiro atoms. The lowest BCUT2D eigenvalue weighted by molar-refractivity contribution is -0.143. The van der Waals surface area contributed by atoms with Gasteiger partial charge in [-0.1, -0.05) is 60.1 Å². The molecule has 0 amide bonds. The quantitative estimate of drug-likeness (QED) is 0.584. The molecule has 2 aromatic carbocycles. The molecule has 0 saturated carbocycles. The van der Waals surface area contributed by atoms with Crippen LogP contribution in [0.5, 0.6) is 0 Å². The summed E-state index contributed by atoms with van der Waals surface area (Å²) in [5.74, 6) is -1.82. The Kier molecular flexibility index (Phi) is 6.37. The number of halogens is 1. The first-order chi connectivity index (χ1) is 13.0. The lowest BCUT2D eigenvalue weighted by Gasteiger charge is -2.11. The number of rotatable bonds is 8. The van der Waals surface area contributed by atoms with Crippen molar-refractivity contribution in [1.82, 2.24) is 4.98 Å². The first kappa shape index (κ1) is 19.3.